The number of anilines is 1. The lowest BCUT2D eigenvalue weighted by molar-refractivity contribution is -0.114. The van der Waals surface area contributed by atoms with Gasteiger partial charge < -0.3 is 4.90 Å². The maximum absolute atomic E-state index is 13.0. The number of aryl methyl sites for hydroxylation is 1. The molecule has 5 nitrogen and oxygen atoms in total. The zero-order chi connectivity index (χ0) is 26.3. The summed E-state index contributed by atoms with van der Waals surface area (Å²) >= 11 is 0. The standard InChI is InChI=1S/C26H25N3O2.2C2H6/c1-16(2)18(4)26(31)28(5)20-7-6-8-21(14-20)29-24(30)12-10-19-15-27-23-11-9-17(3)13-22(23)25(19)29;2*1-2/h6-15H,1-5H3;2*1-2H3. The first-order valence-electron chi connectivity index (χ1n) is 12.2. The van der Waals surface area contributed by atoms with Crippen molar-refractivity contribution < 1.29 is 4.79 Å². The number of nitrogens with zero attached hydrogens (tertiary/aromatic N) is 3. The minimum Gasteiger partial charge on any atom is -0.312 e. The van der Waals surface area contributed by atoms with Crippen molar-refractivity contribution in [3.63, 3.8) is 0 Å². The van der Waals surface area contributed by atoms with Gasteiger partial charge in [-0.1, -0.05) is 51.0 Å². The van der Waals surface area contributed by atoms with Crippen molar-refractivity contribution >= 4 is 33.4 Å². The number of carbonyl (C=O) groups excluding carboxylic acids is 1. The van der Waals surface area contributed by atoms with Crippen LogP contribution in [0.25, 0.3) is 27.5 Å². The third-order valence-corrected chi connectivity index (χ3v) is 5.72. The smallest absolute Gasteiger partial charge is 0.255 e. The van der Waals surface area contributed by atoms with Gasteiger partial charge in [-0.2, -0.15) is 0 Å². The minimum atomic E-state index is -0.131. The molecule has 35 heavy (non-hydrogen) atoms. The maximum Gasteiger partial charge on any atom is 0.255 e. The molecule has 0 bridgehead atoms. The lowest BCUT2D eigenvalue weighted by Crippen LogP contribution is -2.27. The van der Waals surface area contributed by atoms with Crippen LogP contribution < -0.4 is 10.5 Å². The highest BCUT2D eigenvalue weighted by atomic mass is 16.2. The molecular weight excluding hydrogens is 434 g/mol. The summed E-state index contributed by atoms with van der Waals surface area (Å²) in [7, 11) is 1.75. The molecule has 0 saturated heterocycles. The highest BCUT2D eigenvalue weighted by Gasteiger charge is 2.16. The number of likely N-dealkylation sites (N-methyl/N-ethyl adjacent to an activating group) is 1. The number of aromatic nitrogens is 2. The van der Waals surface area contributed by atoms with E-state index in [-0.39, 0.29) is 11.5 Å². The molecule has 5 heteroatoms. The average molecular weight is 472 g/mol. The number of hydrogen-bond donors (Lipinski definition) is 0. The molecule has 0 aliphatic rings. The van der Waals surface area contributed by atoms with E-state index in [0.717, 1.165) is 38.6 Å². The fraction of sp³-hybridized carbons (Fsp3) is 0.300. The lowest BCUT2D eigenvalue weighted by Gasteiger charge is -2.20. The van der Waals surface area contributed by atoms with Crippen LogP contribution in [0.2, 0.25) is 0 Å². The van der Waals surface area contributed by atoms with Gasteiger partial charge in [0.1, 0.15) is 0 Å². The quantitative estimate of drug-likeness (QED) is 0.234. The number of fused-ring (bicyclic) bond motifs is 3. The Bertz CT molecular complexity index is 1430. The Hall–Kier alpha value is -3.73. The highest BCUT2D eigenvalue weighted by Crippen LogP contribution is 2.27. The molecule has 0 unspecified atom stereocenters. The van der Waals surface area contributed by atoms with Crippen molar-refractivity contribution in [2.24, 2.45) is 0 Å². The Kier molecular flexibility index (Phi) is 9.52. The molecule has 0 fully saturated rings. The van der Waals surface area contributed by atoms with Gasteiger partial charge in [0.15, 0.2) is 0 Å². The van der Waals surface area contributed by atoms with Crippen LogP contribution in [0.15, 0.2) is 76.7 Å². The maximum atomic E-state index is 13.0. The molecule has 0 radical (unpaired) electrons. The molecule has 1 amide bonds. The van der Waals surface area contributed by atoms with Crippen molar-refractivity contribution in [1.82, 2.24) is 9.55 Å². The molecule has 0 saturated carbocycles. The highest BCUT2D eigenvalue weighted by molar-refractivity contribution is 6.06. The number of carbonyl (C=O) groups is 1. The van der Waals surface area contributed by atoms with E-state index in [1.54, 1.807) is 34.8 Å². The summed E-state index contributed by atoms with van der Waals surface area (Å²) in [6.45, 7) is 15.7. The van der Waals surface area contributed by atoms with Gasteiger partial charge in [0.2, 0.25) is 0 Å². The predicted molar refractivity (Wildman–Crippen MR) is 150 cm³/mol. The van der Waals surface area contributed by atoms with E-state index < -0.39 is 0 Å². The number of allylic oxidation sites excluding steroid dienone is 1. The number of hydrogen-bond acceptors (Lipinski definition) is 3. The monoisotopic (exact) mass is 471 g/mol. The summed E-state index contributed by atoms with van der Waals surface area (Å²) in [5, 5.41) is 1.80. The van der Waals surface area contributed by atoms with Crippen molar-refractivity contribution in [1.29, 1.82) is 0 Å². The molecule has 0 N–H and O–H groups in total. The van der Waals surface area contributed by atoms with E-state index in [2.05, 4.69) is 11.1 Å². The Morgan fingerprint density at radius 3 is 2.26 bits per heavy atom. The second-order valence-corrected chi connectivity index (χ2v) is 8.10. The summed E-state index contributed by atoms with van der Waals surface area (Å²) in [6.07, 6.45) is 1.79. The van der Waals surface area contributed by atoms with Crippen LogP contribution in [0.3, 0.4) is 0 Å². The van der Waals surface area contributed by atoms with Gasteiger partial charge in [0, 0.05) is 41.3 Å². The normalized spacial score (nSPS) is 10.1. The first kappa shape index (κ1) is 27.5. The molecular formula is C30H37N3O2. The molecule has 0 aliphatic carbocycles. The average Bonchev–Trinajstić information content (AvgIpc) is 2.89. The van der Waals surface area contributed by atoms with Crippen LogP contribution in [-0.2, 0) is 4.79 Å². The van der Waals surface area contributed by atoms with Gasteiger partial charge in [-0.05, 0) is 64.1 Å². The predicted octanol–water partition coefficient (Wildman–Crippen LogP) is 7.22. The SMILES string of the molecule is CC.CC.CC(C)=C(C)C(=O)N(C)c1cccc(-n2c(=O)ccc3cnc4ccc(C)cc4c32)c1. The van der Waals surface area contributed by atoms with Gasteiger partial charge in [0.25, 0.3) is 11.5 Å². The van der Waals surface area contributed by atoms with Gasteiger partial charge in [-0.15, -0.1) is 0 Å². The van der Waals surface area contributed by atoms with Crippen LogP contribution in [0.4, 0.5) is 5.69 Å². The van der Waals surface area contributed by atoms with Gasteiger partial charge in [-0.3, -0.25) is 19.1 Å². The number of rotatable bonds is 3. The van der Waals surface area contributed by atoms with Gasteiger partial charge >= 0.3 is 0 Å². The number of amides is 1. The van der Waals surface area contributed by atoms with E-state index in [4.69, 9.17) is 0 Å². The molecule has 2 aromatic heterocycles. The molecule has 0 atom stereocenters. The Morgan fingerprint density at radius 1 is 0.914 bits per heavy atom. The summed E-state index contributed by atoms with van der Waals surface area (Å²) in [5.41, 5.74) is 5.73. The zero-order valence-corrected chi connectivity index (χ0v) is 22.4. The van der Waals surface area contributed by atoms with E-state index >= 15 is 0 Å². The first-order chi connectivity index (χ1) is 16.8. The summed E-state index contributed by atoms with van der Waals surface area (Å²) in [4.78, 5) is 32.0. The number of benzene rings is 2. The summed E-state index contributed by atoms with van der Waals surface area (Å²) in [5.74, 6) is -0.0623. The lowest BCUT2D eigenvalue weighted by atomic mass is 10.1. The third-order valence-electron chi connectivity index (χ3n) is 5.72. The second-order valence-electron chi connectivity index (χ2n) is 8.10. The zero-order valence-electron chi connectivity index (χ0n) is 22.4. The fourth-order valence-electron chi connectivity index (χ4n) is 3.70. The van der Waals surface area contributed by atoms with E-state index in [1.807, 2.05) is 91.8 Å². The van der Waals surface area contributed by atoms with E-state index in [9.17, 15) is 9.59 Å². The molecule has 4 aromatic rings. The molecule has 184 valence electrons. The molecule has 0 spiro atoms. The van der Waals surface area contributed by atoms with Gasteiger partial charge in [0.05, 0.1) is 16.7 Å². The molecule has 4 rings (SSSR count). The Labute approximate surface area is 208 Å². The second kappa shape index (κ2) is 12.1. The summed E-state index contributed by atoms with van der Waals surface area (Å²) < 4.78 is 1.70. The van der Waals surface area contributed by atoms with Crippen molar-refractivity contribution in [3.8, 4) is 5.69 Å². The van der Waals surface area contributed by atoms with Crippen LogP contribution in [0.5, 0.6) is 0 Å². The minimum absolute atomic E-state index is 0.0623. The van der Waals surface area contributed by atoms with Crippen molar-refractivity contribution in [2.75, 3.05) is 11.9 Å². The third kappa shape index (κ3) is 5.68. The number of pyridine rings is 2. The molecule has 2 aromatic carbocycles. The topological polar surface area (TPSA) is 55.2 Å². The Balaban J connectivity index is 0.00000103. The van der Waals surface area contributed by atoms with Crippen LogP contribution in [-0.4, -0.2) is 22.5 Å². The molecule has 2 heterocycles. The largest absolute Gasteiger partial charge is 0.312 e. The van der Waals surface area contributed by atoms with E-state index in [0.29, 0.717) is 11.3 Å². The molecule has 0 aliphatic heterocycles. The summed E-state index contributed by atoms with van der Waals surface area (Å²) in [6, 6.07) is 16.9. The first-order valence-corrected chi connectivity index (χ1v) is 12.2. The van der Waals surface area contributed by atoms with E-state index in [1.165, 1.54) is 0 Å². The van der Waals surface area contributed by atoms with Crippen LogP contribution in [0, 0.1) is 6.92 Å². The van der Waals surface area contributed by atoms with Crippen molar-refractivity contribution in [2.45, 2.75) is 55.4 Å². The van der Waals surface area contributed by atoms with Crippen molar-refractivity contribution in [3.05, 3.63) is 87.9 Å². The fourth-order valence-corrected chi connectivity index (χ4v) is 3.70. The van der Waals surface area contributed by atoms with Crippen LogP contribution in [0.1, 0.15) is 54.0 Å². The van der Waals surface area contributed by atoms with Crippen LogP contribution >= 0.6 is 0 Å². The van der Waals surface area contributed by atoms with Gasteiger partial charge in [-0.25, -0.2) is 0 Å². The Morgan fingerprint density at radius 2 is 1.60 bits per heavy atom.